The topological polar surface area (TPSA) is 8.17 Å². The first kappa shape index (κ1) is 39.4. The second kappa shape index (κ2) is 16.5. The molecule has 318 valence electrons. The van der Waals surface area contributed by atoms with Crippen molar-refractivity contribution < 1.29 is 0 Å². The van der Waals surface area contributed by atoms with E-state index in [0.717, 1.165) is 22.7 Å². The summed E-state index contributed by atoms with van der Waals surface area (Å²) in [6, 6.07) is 97.4. The molecule has 0 spiro atoms. The first-order chi connectivity index (χ1) is 33.7. The van der Waals surface area contributed by atoms with Gasteiger partial charge in [-0.25, -0.2) is 0 Å². The van der Waals surface area contributed by atoms with Crippen molar-refractivity contribution in [2.24, 2.45) is 0 Å². The number of rotatable bonds is 8. The largest absolute Gasteiger partial charge is 0.311 e. The Kier molecular flexibility index (Phi) is 9.54. The van der Waals surface area contributed by atoms with Crippen LogP contribution in [0.15, 0.2) is 267 Å². The molecule has 0 N–H and O–H groups in total. The highest BCUT2D eigenvalue weighted by atomic mass is 15.1. The van der Waals surface area contributed by atoms with Gasteiger partial charge in [-0.2, -0.15) is 0 Å². The van der Waals surface area contributed by atoms with Gasteiger partial charge in [0.05, 0.1) is 11.0 Å². The maximum atomic E-state index is 2.38. The molecule has 0 aliphatic rings. The Hall–Kier alpha value is -8.98. The fraction of sp³-hybridized carbons (Fsp3) is 0. The highest BCUT2D eigenvalue weighted by molar-refractivity contribution is 6.14. The molecule has 1 aromatic heterocycles. The lowest BCUT2D eigenvalue weighted by Crippen LogP contribution is -2.10. The molecule has 0 radical (unpaired) electrons. The third-order valence-corrected chi connectivity index (χ3v) is 13.8. The number of nitrogens with zero attached hydrogens (tertiary/aromatic N) is 2. The van der Waals surface area contributed by atoms with E-state index in [1.54, 1.807) is 0 Å². The Morgan fingerprint density at radius 3 is 1.18 bits per heavy atom. The second-order valence-electron chi connectivity index (χ2n) is 17.7. The van der Waals surface area contributed by atoms with Gasteiger partial charge in [-0.1, -0.05) is 194 Å². The smallest absolute Gasteiger partial charge is 0.0541 e. The van der Waals surface area contributed by atoms with Crippen LogP contribution >= 0.6 is 0 Å². The summed E-state index contributed by atoms with van der Waals surface area (Å²) in [6.45, 7) is 0. The van der Waals surface area contributed by atoms with E-state index in [1.165, 1.54) is 98.6 Å². The highest BCUT2D eigenvalue weighted by Crippen LogP contribution is 2.40. The molecular weight excluding hydrogens is 821 g/mol. The molecule has 0 fully saturated rings. The van der Waals surface area contributed by atoms with Crippen LogP contribution in [0.5, 0.6) is 0 Å². The summed E-state index contributed by atoms with van der Waals surface area (Å²) in [4.78, 5) is 2.36. The van der Waals surface area contributed by atoms with E-state index in [4.69, 9.17) is 0 Å². The van der Waals surface area contributed by atoms with E-state index in [-0.39, 0.29) is 0 Å². The lowest BCUT2D eigenvalue weighted by Gasteiger charge is -2.26. The monoisotopic (exact) mass is 864 g/mol. The molecule has 13 rings (SSSR count). The van der Waals surface area contributed by atoms with E-state index < -0.39 is 0 Å². The average Bonchev–Trinajstić information content (AvgIpc) is 3.76. The summed E-state index contributed by atoms with van der Waals surface area (Å²) in [7, 11) is 0. The predicted molar refractivity (Wildman–Crippen MR) is 290 cm³/mol. The molecule has 0 aliphatic heterocycles. The first-order valence-corrected chi connectivity index (χ1v) is 23.4. The zero-order valence-corrected chi connectivity index (χ0v) is 37.3. The van der Waals surface area contributed by atoms with Crippen LogP contribution in [-0.2, 0) is 0 Å². The summed E-state index contributed by atoms with van der Waals surface area (Å²) in [5, 5.41) is 10.1. The predicted octanol–water partition coefficient (Wildman–Crippen LogP) is 18.4. The van der Waals surface area contributed by atoms with Gasteiger partial charge in [0.1, 0.15) is 0 Å². The molecule has 13 aromatic rings. The van der Waals surface area contributed by atoms with Crippen LogP contribution in [0, 0.1) is 0 Å². The number of fused-ring (bicyclic) bond motifs is 7. The molecule has 1 heterocycles. The second-order valence-corrected chi connectivity index (χ2v) is 17.7. The van der Waals surface area contributed by atoms with Gasteiger partial charge in [-0.15, -0.1) is 0 Å². The summed E-state index contributed by atoms with van der Waals surface area (Å²) in [5.74, 6) is 0. The molecule has 0 unspecified atom stereocenters. The third-order valence-electron chi connectivity index (χ3n) is 13.8. The van der Waals surface area contributed by atoms with Gasteiger partial charge in [-0.05, 0) is 150 Å². The maximum Gasteiger partial charge on any atom is 0.0541 e. The molecule has 0 saturated heterocycles. The van der Waals surface area contributed by atoms with E-state index in [0.29, 0.717) is 0 Å². The number of aromatic nitrogens is 1. The van der Waals surface area contributed by atoms with Gasteiger partial charge in [-0.3, -0.25) is 0 Å². The summed E-state index contributed by atoms with van der Waals surface area (Å²) in [5.41, 5.74) is 16.4. The molecule has 0 amide bonds. The fourth-order valence-electron chi connectivity index (χ4n) is 10.4. The third kappa shape index (κ3) is 6.90. The van der Waals surface area contributed by atoms with Crippen molar-refractivity contribution in [3.05, 3.63) is 267 Å². The minimum Gasteiger partial charge on any atom is -0.311 e. The van der Waals surface area contributed by atoms with Crippen molar-refractivity contribution in [3.8, 4) is 50.2 Å². The Bertz CT molecular complexity index is 3920. The quantitative estimate of drug-likeness (QED) is 0.138. The van der Waals surface area contributed by atoms with Crippen molar-refractivity contribution in [1.82, 2.24) is 4.57 Å². The Morgan fingerprint density at radius 1 is 0.235 bits per heavy atom. The van der Waals surface area contributed by atoms with Gasteiger partial charge in [0, 0.05) is 33.5 Å². The summed E-state index contributed by atoms with van der Waals surface area (Å²) < 4.78 is 2.38. The number of benzene rings is 12. The van der Waals surface area contributed by atoms with Gasteiger partial charge in [0.15, 0.2) is 0 Å². The van der Waals surface area contributed by atoms with Crippen LogP contribution in [0.2, 0.25) is 0 Å². The molecule has 0 bridgehead atoms. The molecule has 0 saturated carbocycles. The molecule has 12 aromatic carbocycles. The van der Waals surface area contributed by atoms with E-state index in [1.807, 2.05) is 0 Å². The van der Waals surface area contributed by atoms with Crippen molar-refractivity contribution in [3.63, 3.8) is 0 Å². The molecule has 0 atom stereocenters. The van der Waals surface area contributed by atoms with E-state index in [2.05, 4.69) is 276 Å². The Morgan fingerprint density at radius 2 is 0.618 bits per heavy atom. The van der Waals surface area contributed by atoms with Crippen molar-refractivity contribution in [2.45, 2.75) is 0 Å². The first-order valence-electron chi connectivity index (χ1n) is 23.4. The average molecular weight is 865 g/mol. The maximum absolute atomic E-state index is 2.38. The molecular formula is C66H44N2. The molecule has 2 nitrogen and oxygen atoms in total. The van der Waals surface area contributed by atoms with Crippen LogP contribution in [0.3, 0.4) is 0 Å². The Balaban J connectivity index is 0.840. The lowest BCUT2D eigenvalue weighted by molar-refractivity contribution is 1.17. The van der Waals surface area contributed by atoms with Crippen LogP contribution in [0.25, 0.3) is 104 Å². The van der Waals surface area contributed by atoms with Crippen LogP contribution in [0.4, 0.5) is 17.1 Å². The van der Waals surface area contributed by atoms with Crippen molar-refractivity contribution >= 4 is 71.2 Å². The SMILES string of the molecule is c1ccc2cc(-c3ccc(-c4ccc(N(c5ccc(-c6ccc(-c7cc8ccccc8c8ccccc78)cc6)cc5)c5ccc(-n6c7ccccc7c7ccccc76)cc5)cc4)cc3)ccc2c1. The number of para-hydroxylation sites is 2. The van der Waals surface area contributed by atoms with Gasteiger partial charge >= 0.3 is 0 Å². The van der Waals surface area contributed by atoms with Crippen LogP contribution in [0.1, 0.15) is 0 Å². The number of hydrogen-bond donors (Lipinski definition) is 0. The molecule has 2 heteroatoms. The van der Waals surface area contributed by atoms with Crippen molar-refractivity contribution in [2.75, 3.05) is 4.90 Å². The number of hydrogen-bond acceptors (Lipinski definition) is 1. The Labute approximate surface area is 395 Å². The van der Waals surface area contributed by atoms with Gasteiger partial charge in [0.25, 0.3) is 0 Å². The molecule has 0 aliphatic carbocycles. The van der Waals surface area contributed by atoms with E-state index >= 15 is 0 Å². The summed E-state index contributed by atoms with van der Waals surface area (Å²) in [6.07, 6.45) is 0. The standard InChI is InChI=1S/C66H44N2/c1-2-12-52-43-53(30-27-45(52)11-1)50-23-21-46(22-24-50)48-31-35-55(36-32-48)67(57-39-41-58(42-40-57)68-65-19-9-7-17-62(65)63-18-8-10-20-66(63)68)56-37-33-49(34-38-56)47-25-28-51(29-26-47)64-44-54-13-3-4-14-59(54)60-15-5-6-16-61(60)64/h1-44H. The van der Waals surface area contributed by atoms with Crippen LogP contribution in [-0.4, -0.2) is 4.57 Å². The van der Waals surface area contributed by atoms with Crippen LogP contribution < -0.4 is 4.90 Å². The lowest BCUT2D eigenvalue weighted by atomic mass is 9.92. The minimum absolute atomic E-state index is 1.08. The summed E-state index contributed by atoms with van der Waals surface area (Å²) >= 11 is 0. The van der Waals surface area contributed by atoms with Gasteiger partial charge < -0.3 is 9.47 Å². The van der Waals surface area contributed by atoms with Crippen molar-refractivity contribution in [1.29, 1.82) is 0 Å². The minimum atomic E-state index is 1.08. The fourth-order valence-corrected chi connectivity index (χ4v) is 10.4. The van der Waals surface area contributed by atoms with Gasteiger partial charge in [0.2, 0.25) is 0 Å². The zero-order chi connectivity index (χ0) is 45.0. The zero-order valence-electron chi connectivity index (χ0n) is 37.3. The molecule has 68 heavy (non-hydrogen) atoms. The normalized spacial score (nSPS) is 11.5. The highest BCUT2D eigenvalue weighted by Gasteiger charge is 2.17. The number of anilines is 3. The van der Waals surface area contributed by atoms with E-state index in [9.17, 15) is 0 Å².